The summed E-state index contributed by atoms with van der Waals surface area (Å²) in [6, 6.07) is 0.835. The van der Waals surface area contributed by atoms with Gasteiger partial charge in [-0.25, -0.2) is 9.97 Å². The third-order valence-electron chi connectivity index (χ3n) is 2.07. The molecule has 0 spiro atoms. The van der Waals surface area contributed by atoms with Crippen LogP contribution in [0.25, 0.3) is 0 Å². The van der Waals surface area contributed by atoms with Crippen molar-refractivity contribution in [1.29, 1.82) is 0 Å². The molecular formula is C10H13ClF3N3O. The summed E-state index contributed by atoms with van der Waals surface area (Å²) in [7, 11) is 1.60. The fourth-order valence-electron chi connectivity index (χ4n) is 1.15. The summed E-state index contributed by atoms with van der Waals surface area (Å²) in [5, 5.41) is 0. The molecule has 0 aliphatic carbocycles. The third kappa shape index (κ3) is 4.66. The minimum Gasteiger partial charge on any atom is -0.378 e. The van der Waals surface area contributed by atoms with E-state index in [0.717, 1.165) is 12.3 Å². The monoisotopic (exact) mass is 283 g/mol. The average Bonchev–Trinajstić information content (AvgIpc) is 2.33. The fraction of sp³-hybridized carbons (Fsp3) is 0.600. The maximum atomic E-state index is 12.4. The quantitative estimate of drug-likeness (QED) is 0.592. The van der Waals surface area contributed by atoms with Crippen LogP contribution in [0.1, 0.15) is 5.69 Å². The normalized spacial score (nSPS) is 11.6. The number of ether oxygens (including phenoxy) is 1. The Morgan fingerprint density at radius 3 is 2.72 bits per heavy atom. The molecule has 0 radical (unpaired) electrons. The zero-order valence-electron chi connectivity index (χ0n) is 9.74. The standard InChI is InChI=1S/C10H13ClF3N3O/c1-17(5-7-18-6-3-11)9-15-4-2-8(16-9)10(12,13)14/h2,4H,3,5-7H2,1H3. The van der Waals surface area contributed by atoms with E-state index in [1.54, 1.807) is 7.05 Å². The molecule has 1 aromatic heterocycles. The Morgan fingerprint density at radius 1 is 1.39 bits per heavy atom. The Hall–Kier alpha value is -1.08. The number of halogens is 4. The van der Waals surface area contributed by atoms with Crippen molar-refractivity contribution in [3.63, 3.8) is 0 Å². The summed E-state index contributed by atoms with van der Waals surface area (Å²) in [6.45, 7) is 1.14. The van der Waals surface area contributed by atoms with Crippen molar-refractivity contribution in [2.24, 2.45) is 0 Å². The molecule has 102 valence electrons. The van der Waals surface area contributed by atoms with Gasteiger partial charge in [0.25, 0.3) is 0 Å². The Kier molecular flexibility index (Phi) is 5.61. The lowest BCUT2D eigenvalue weighted by Gasteiger charge is -2.17. The van der Waals surface area contributed by atoms with Crippen LogP contribution in [0.2, 0.25) is 0 Å². The van der Waals surface area contributed by atoms with Crippen LogP contribution in [0, 0.1) is 0 Å². The van der Waals surface area contributed by atoms with Crippen molar-refractivity contribution in [2.75, 3.05) is 37.6 Å². The Bertz CT molecular complexity index is 376. The molecule has 0 atom stereocenters. The van der Waals surface area contributed by atoms with Crippen LogP contribution in [0.5, 0.6) is 0 Å². The molecule has 18 heavy (non-hydrogen) atoms. The SMILES string of the molecule is CN(CCOCCCl)c1nccc(C(F)(F)F)n1. The minimum atomic E-state index is -4.46. The second-order valence-electron chi connectivity index (χ2n) is 3.46. The van der Waals surface area contributed by atoms with Crippen LogP contribution >= 0.6 is 11.6 Å². The van der Waals surface area contributed by atoms with Crippen molar-refractivity contribution in [2.45, 2.75) is 6.18 Å². The first-order valence-electron chi connectivity index (χ1n) is 5.20. The van der Waals surface area contributed by atoms with Gasteiger partial charge in [-0.3, -0.25) is 0 Å². The van der Waals surface area contributed by atoms with Gasteiger partial charge in [-0.15, -0.1) is 11.6 Å². The molecule has 1 rings (SSSR count). The molecule has 0 fully saturated rings. The van der Waals surface area contributed by atoms with Gasteiger partial charge in [0.05, 0.1) is 13.2 Å². The lowest BCUT2D eigenvalue weighted by Crippen LogP contribution is -2.25. The van der Waals surface area contributed by atoms with Crippen molar-refractivity contribution < 1.29 is 17.9 Å². The van der Waals surface area contributed by atoms with Crippen LogP contribution in [-0.4, -0.2) is 42.7 Å². The number of rotatable bonds is 6. The molecule has 0 saturated heterocycles. The van der Waals surface area contributed by atoms with E-state index in [0.29, 0.717) is 25.6 Å². The summed E-state index contributed by atoms with van der Waals surface area (Å²) < 4.78 is 42.4. The van der Waals surface area contributed by atoms with Crippen LogP contribution in [-0.2, 0) is 10.9 Å². The fourth-order valence-corrected chi connectivity index (χ4v) is 1.26. The van der Waals surface area contributed by atoms with Crippen LogP contribution in [0.4, 0.5) is 19.1 Å². The van der Waals surface area contributed by atoms with E-state index in [9.17, 15) is 13.2 Å². The molecule has 0 aromatic carbocycles. The van der Waals surface area contributed by atoms with E-state index >= 15 is 0 Å². The molecule has 0 saturated carbocycles. The maximum Gasteiger partial charge on any atom is 0.433 e. The van der Waals surface area contributed by atoms with Gasteiger partial charge in [0.1, 0.15) is 5.69 Å². The highest BCUT2D eigenvalue weighted by Crippen LogP contribution is 2.27. The zero-order chi connectivity index (χ0) is 13.6. The molecule has 0 aliphatic rings. The number of aromatic nitrogens is 2. The van der Waals surface area contributed by atoms with Gasteiger partial charge in [-0.1, -0.05) is 0 Å². The lowest BCUT2D eigenvalue weighted by atomic mass is 10.4. The first kappa shape index (κ1) is 15.0. The largest absolute Gasteiger partial charge is 0.433 e. The summed E-state index contributed by atoms with van der Waals surface area (Å²) in [4.78, 5) is 8.73. The van der Waals surface area contributed by atoms with Gasteiger partial charge in [0, 0.05) is 25.7 Å². The average molecular weight is 284 g/mol. The van der Waals surface area contributed by atoms with Gasteiger partial charge in [0.15, 0.2) is 0 Å². The Morgan fingerprint density at radius 2 is 2.11 bits per heavy atom. The van der Waals surface area contributed by atoms with E-state index in [2.05, 4.69) is 9.97 Å². The van der Waals surface area contributed by atoms with E-state index in [-0.39, 0.29) is 5.95 Å². The summed E-state index contributed by atoms with van der Waals surface area (Å²) >= 11 is 5.42. The highest BCUT2D eigenvalue weighted by atomic mass is 35.5. The second-order valence-corrected chi connectivity index (χ2v) is 3.84. The van der Waals surface area contributed by atoms with Gasteiger partial charge in [0.2, 0.25) is 5.95 Å². The maximum absolute atomic E-state index is 12.4. The van der Waals surface area contributed by atoms with Crippen LogP contribution < -0.4 is 4.90 Å². The third-order valence-corrected chi connectivity index (χ3v) is 2.22. The highest BCUT2D eigenvalue weighted by molar-refractivity contribution is 6.17. The van der Waals surface area contributed by atoms with Gasteiger partial charge >= 0.3 is 6.18 Å². The van der Waals surface area contributed by atoms with E-state index in [4.69, 9.17) is 16.3 Å². The molecule has 0 amide bonds. The van der Waals surface area contributed by atoms with Crippen molar-refractivity contribution in [3.05, 3.63) is 18.0 Å². The molecular weight excluding hydrogens is 271 g/mol. The summed E-state index contributed by atoms with van der Waals surface area (Å²) in [5.74, 6) is 0.392. The number of anilines is 1. The van der Waals surface area contributed by atoms with Gasteiger partial charge in [-0.2, -0.15) is 13.2 Å². The predicted molar refractivity (Wildman–Crippen MR) is 61.8 cm³/mol. The Labute approximate surface area is 108 Å². The second kappa shape index (κ2) is 6.75. The molecule has 0 unspecified atom stereocenters. The number of hydrogen-bond donors (Lipinski definition) is 0. The van der Waals surface area contributed by atoms with Gasteiger partial charge < -0.3 is 9.64 Å². The first-order valence-corrected chi connectivity index (χ1v) is 5.73. The molecule has 8 heteroatoms. The zero-order valence-corrected chi connectivity index (χ0v) is 10.5. The van der Waals surface area contributed by atoms with Crippen molar-refractivity contribution >= 4 is 17.5 Å². The molecule has 0 aliphatic heterocycles. The molecule has 1 aromatic rings. The number of nitrogens with zero attached hydrogens (tertiary/aromatic N) is 3. The Balaban J connectivity index is 2.60. The van der Waals surface area contributed by atoms with E-state index in [1.807, 2.05) is 0 Å². The van der Waals surface area contributed by atoms with Crippen LogP contribution in [0.15, 0.2) is 12.3 Å². The number of hydrogen-bond acceptors (Lipinski definition) is 4. The number of alkyl halides is 4. The molecule has 0 N–H and O–H groups in total. The van der Waals surface area contributed by atoms with Crippen molar-refractivity contribution in [1.82, 2.24) is 9.97 Å². The van der Waals surface area contributed by atoms with Gasteiger partial charge in [-0.05, 0) is 6.07 Å². The molecule has 4 nitrogen and oxygen atoms in total. The molecule has 1 heterocycles. The van der Waals surface area contributed by atoms with Crippen LogP contribution in [0.3, 0.4) is 0 Å². The lowest BCUT2D eigenvalue weighted by molar-refractivity contribution is -0.141. The summed E-state index contributed by atoms with van der Waals surface area (Å²) in [6.07, 6.45) is -3.38. The number of likely N-dealkylation sites (N-methyl/N-ethyl adjacent to an activating group) is 1. The summed E-state index contributed by atoms with van der Waals surface area (Å²) in [5.41, 5.74) is -0.957. The topological polar surface area (TPSA) is 38.2 Å². The first-order chi connectivity index (χ1) is 8.45. The van der Waals surface area contributed by atoms with Crippen molar-refractivity contribution in [3.8, 4) is 0 Å². The molecule has 0 bridgehead atoms. The smallest absolute Gasteiger partial charge is 0.378 e. The van der Waals surface area contributed by atoms with E-state index < -0.39 is 11.9 Å². The van der Waals surface area contributed by atoms with E-state index in [1.165, 1.54) is 4.90 Å². The minimum absolute atomic E-state index is 0.0132. The highest BCUT2D eigenvalue weighted by Gasteiger charge is 2.33. The predicted octanol–water partition coefficient (Wildman–Crippen LogP) is 2.19.